The van der Waals surface area contributed by atoms with Crippen LogP contribution in [0.3, 0.4) is 0 Å². The maximum absolute atomic E-state index is 11.8. The number of aromatic nitrogens is 2. The molecule has 1 aromatic heterocycles. The van der Waals surface area contributed by atoms with E-state index in [1.807, 2.05) is 31.4 Å². The van der Waals surface area contributed by atoms with Gasteiger partial charge < -0.3 is 14.8 Å². The van der Waals surface area contributed by atoms with Crippen LogP contribution in [0.5, 0.6) is 11.5 Å². The topological polar surface area (TPSA) is 65.4 Å². The van der Waals surface area contributed by atoms with E-state index in [2.05, 4.69) is 10.4 Å². The number of nitrogens with zero attached hydrogens (tertiary/aromatic N) is 2. The van der Waals surface area contributed by atoms with Gasteiger partial charge in [-0.3, -0.25) is 9.48 Å². The number of fused-ring (bicyclic) bond motifs is 1. The lowest BCUT2D eigenvalue weighted by atomic mass is 10.1. The fourth-order valence-corrected chi connectivity index (χ4v) is 2.33. The first-order chi connectivity index (χ1) is 11.2. The zero-order chi connectivity index (χ0) is 16.1. The second-order valence-corrected chi connectivity index (χ2v) is 5.30. The molecule has 0 spiro atoms. The third-order valence-electron chi connectivity index (χ3n) is 3.47. The van der Waals surface area contributed by atoms with E-state index >= 15 is 0 Å². The Morgan fingerprint density at radius 2 is 2.17 bits per heavy atom. The quantitative estimate of drug-likeness (QED) is 0.851. The third kappa shape index (κ3) is 4.12. The van der Waals surface area contributed by atoms with Crippen LogP contribution in [0.15, 0.2) is 36.7 Å². The Balaban J connectivity index is 1.47. The minimum atomic E-state index is -0.119. The number of amides is 1. The largest absolute Gasteiger partial charge is 0.486 e. The van der Waals surface area contributed by atoms with Crippen LogP contribution in [0.4, 0.5) is 0 Å². The molecular formula is C17H19N3O3. The van der Waals surface area contributed by atoms with Crippen molar-refractivity contribution in [1.29, 1.82) is 0 Å². The first-order valence-corrected chi connectivity index (χ1v) is 7.54. The average molecular weight is 313 g/mol. The lowest BCUT2D eigenvalue weighted by Gasteiger charge is -2.18. The molecule has 120 valence electrons. The Labute approximate surface area is 134 Å². The SMILES string of the molecule is Cn1cc(C=CC(=O)NCCc2ccc3c(c2)OCCO3)cn1. The van der Waals surface area contributed by atoms with E-state index < -0.39 is 0 Å². The van der Waals surface area contributed by atoms with Crippen molar-refractivity contribution in [3.05, 3.63) is 47.8 Å². The van der Waals surface area contributed by atoms with E-state index in [1.54, 1.807) is 17.0 Å². The normalized spacial score (nSPS) is 13.3. The molecule has 0 radical (unpaired) electrons. The highest BCUT2D eigenvalue weighted by atomic mass is 16.6. The molecule has 0 saturated carbocycles. The van der Waals surface area contributed by atoms with Crippen LogP contribution in [-0.2, 0) is 18.3 Å². The molecular weight excluding hydrogens is 294 g/mol. The number of rotatable bonds is 5. The molecule has 1 aromatic carbocycles. The standard InChI is InChI=1S/C17H19N3O3/c1-20-12-14(11-19-20)3-5-17(21)18-7-6-13-2-4-15-16(10-13)23-9-8-22-15/h2-5,10-12H,6-9H2,1H3,(H,18,21). The summed E-state index contributed by atoms with van der Waals surface area (Å²) in [6.07, 6.45) is 7.55. The molecule has 0 aliphatic carbocycles. The van der Waals surface area contributed by atoms with Crippen LogP contribution in [0.1, 0.15) is 11.1 Å². The Morgan fingerprint density at radius 1 is 1.35 bits per heavy atom. The van der Waals surface area contributed by atoms with E-state index in [-0.39, 0.29) is 5.91 Å². The van der Waals surface area contributed by atoms with Crippen molar-refractivity contribution in [3.63, 3.8) is 0 Å². The molecule has 6 nitrogen and oxygen atoms in total. The first-order valence-electron chi connectivity index (χ1n) is 7.54. The maximum Gasteiger partial charge on any atom is 0.244 e. The number of nitrogens with one attached hydrogen (secondary N) is 1. The van der Waals surface area contributed by atoms with Crippen molar-refractivity contribution < 1.29 is 14.3 Å². The maximum atomic E-state index is 11.8. The Kier molecular flexibility index (Phi) is 4.61. The highest BCUT2D eigenvalue weighted by Crippen LogP contribution is 2.30. The second-order valence-electron chi connectivity index (χ2n) is 5.30. The summed E-state index contributed by atoms with van der Waals surface area (Å²) in [5, 5.41) is 6.91. The summed E-state index contributed by atoms with van der Waals surface area (Å²) in [6, 6.07) is 5.87. The van der Waals surface area contributed by atoms with Gasteiger partial charge in [-0.2, -0.15) is 5.10 Å². The number of benzene rings is 1. The van der Waals surface area contributed by atoms with Crippen molar-refractivity contribution in [2.24, 2.45) is 7.05 Å². The van der Waals surface area contributed by atoms with Crippen molar-refractivity contribution in [2.75, 3.05) is 19.8 Å². The van der Waals surface area contributed by atoms with Crippen LogP contribution >= 0.6 is 0 Å². The molecule has 2 aromatic rings. The zero-order valence-corrected chi connectivity index (χ0v) is 13.0. The smallest absolute Gasteiger partial charge is 0.244 e. The van der Waals surface area contributed by atoms with Crippen molar-refractivity contribution >= 4 is 12.0 Å². The van der Waals surface area contributed by atoms with E-state index in [0.717, 1.165) is 29.0 Å². The van der Waals surface area contributed by atoms with Crippen LogP contribution in [0, 0.1) is 0 Å². The zero-order valence-electron chi connectivity index (χ0n) is 13.0. The fraction of sp³-hybridized carbons (Fsp3) is 0.294. The Hall–Kier alpha value is -2.76. The van der Waals surface area contributed by atoms with Gasteiger partial charge in [-0.1, -0.05) is 6.07 Å². The van der Waals surface area contributed by atoms with Gasteiger partial charge in [0.1, 0.15) is 13.2 Å². The number of carbonyl (C=O) groups excluding carboxylic acids is 1. The van der Waals surface area contributed by atoms with Crippen LogP contribution in [0.25, 0.3) is 6.08 Å². The van der Waals surface area contributed by atoms with E-state index in [4.69, 9.17) is 9.47 Å². The molecule has 3 rings (SSSR count). The number of ether oxygens (including phenoxy) is 2. The molecule has 1 N–H and O–H groups in total. The fourth-order valence-electron chi connectivity index (χ4n) is 2.33. The van der Waals surface area contributed by atoms with E-state index in [9.17, 15) is 4.79 Å². The molecule has 1 amide bonds. The van der Waals surface area contributed by atoms with E-state index in [1.165, 1.54) is 6.08 Å². The van der Waals surface area contributed by atoms with Gasteiger partial charge in [0.2, 0.25) is 5.91 Å². The molecule has 0 bridgehead atoms. The minimum absolute atomic E-state index is 0.119. The van der Waals surface area contributed by atoms with Gasteiger partial charge in [-0.05, 0) is 30.2 Å². The molecule has 0 unspecified atom stereocenters. The molecule has 23 heavy (non-hydrogen) atoms. The molecule has 0 atom stereocenters. The lowest BCUT2D eigenvalue weighted by Crippen LogP contribution is -2.23. The van der Waals surface area contributed by atoms with Gasteiger partial charge in [0.25, 0.3) is 0 Å². The number of aryl methyl sites for hydroxylation is 1. The van der Waals surface area contributed by atoms with Gasteiger partial charge in [-0.15, -0.1) is 0 Å². The highest BCUT2D eigenvalue weighted by Gasteiger charge is 2.11. The highest BCUT2D eigenvalue weighted by molar-refractivity contribution is 5.91. The van der Waals surface area contributed by atoms with Crippen LogP contribution in [0.2, 0.25) is 0 Å². The van der Waals surface area contributed by atoms with Crippen LogP contribution in [-0.4, -0.2) is 35.4 Å². The average Bonchev–Trinajstić information content (AvgIpc) is 2.98. The summed E-state index contributed by atoms with van der Waals surface area (Å²) in [4.78, 5) is 11.8. The molecule has 1 aliphatic heterocycles. The molecule has 0 saturated heterocycles. The van der Waals surface area contributed by atoms with Crippen molar-refractivity contribution in [2.45, 2.75) is 6.42 Å². The predicted molar refractivity (Wildman–Crippen MR) is 86.4 cm³/mol. The second kappa shape index (κ2) is 7.00. The lowest BCUT2D eigenvalue weighted by molar-refractivity contribution is -0.116. The first kappa shape index (κ1) is 15.1. The van der Waals surface area contributed by atoms with Gasteiger partial charge in [0.15, 0.2) is 11.5 Å². The van der Waals surface area contributed by atoms with Gasteiger partial charge >= 0.3 is 0 Å². The summed E-state index contributed by atoms with van der Waals surface area (Å²) >= 11 is 0. The summed E-state index contributed by atoms with van der Waals surface area (Å²) in [5.74, 6) is 1.44. The van der Waals surface area contributed by atoms with E-state index in [0.29, 0.717) is 19.8 Å². The third-order valence-corrected chi connectivity index (χ3v) is 3.47. The minimum Gasteiger partial charge on any atom is -0.486 e. The van der Waals surface area contributed by atoms with Gasteiger partial charge in [0.05, 0.1) is 6.20 Å². The van der Waals surface area contributed by atoms with Gasteiger partial charge in [-0.25, -0.2) is 0 Å². The molecule has 0 fully saturated rings. The molecule has 6 heteroatoms. The summed E-state index contributed by atoms with van der Waals surface area (Å²) in [5.41, 5.74) is 2.00. The molecule has 1 aliphatic rings. The Bertz CT molecular complexity index is 722. The van der Waals surface area contributed by atoms with Gasteiger partial charge in [0, 0.05) is 31.4 Å². The summed E-state index contributed by atoms with van der Waals surface area (Å²) in [6.45, 7) is 1.73. The summed E-state index contributed by atoms with van der Waals surface area (Å²) < 4.78 is 12.7. The van der Waals surface area contributed by atoms with Crippen LogP contribution < -0.4 is 14.8 Å². The van der Waals surface area contributed by atoms with Crippen molar-refractivity contribution in [3.8, 4) is 11.5 Å². The summed E-state index contributed by atoms with van der Waals surface area (Å²) in [7, 11) is 1.84. The van der Waals surface area contributed by atoms with Crippen molar-refractivity contribution in [1.82, 2.24) is 15.1 Å². The molecule has 2 heterocycles. The number of hydrogen-bond acceptors (Lipinski definition) is 4. The Morgan fingerprint density at radius 3 is 2.96 bits per heavy atom. The number of carbonyl (C=O) groups is 1. The predicted octanol–water partition coefficient (Wildman–Crippen LogP) is 1.56. The number of hydrogen-bond donors (Lipinski definition) is 1. The monoisotopic (exact) mass is 313 g/mol.